The fourth-order valence-corrected chi connectivity index (χ4v) is 5.55. The van der Waals surface area contributed by atoms with Gasteiger partial charge >= 0.3 is 0 Å². The Hall–Kier alpha value is -2.82. The molecule has 0 amide bonds. The molecule has 33 heavy (non-hydrogen) atoms. The summed E-state index contributed by atoms with van der Waals surface area (Å²) in [6.45, 7) is 0. The summed E-state index contributed by atoms with van der Waals surface area (Å²) in [5.74, 6) is 1.50. The molecule has 3 aromatic rings. The molecule has 1 fully saturated rings. The Morgan fingerprint density at radius 1 is 0.697 bits per heavy atom. The summed E-state index contributed by atoms with van der Waals surface area (Å²) in [4.78, 5) is 0. The van der Waals surface area contributed by atoms with Crippen LogP contribution in [-0.2, 0) is 5.41 Å². The van der Waals surface area contributed by atoms with Gasteiger partial charge < -0.3 is 19.7 Å². The molecule has 2 atom stereocenters. The molecule has 2 N–H and O–H groups in total. The SMILES string of the molecule is COc1ccc(C(c2ccccc2)(c2ccc(OC)cc2)[C@@]2(O)CCCCCC[C@H]2O)cc1. The van der Waals surface area contributed by atoms with E-state index in [-0.39, 0.29) is 0 Å². The van der Waals surface area contributed by atoms with Crippen molar-refractivity contribution in [2.75, 3.05) is 14.2 Å². The summed E-state index contributed by atoms with van der Waals surface area (Å²) in [6.07, 6.45) is 4.08. The van der Waals surface area contributed by atoms with E-state index in [1.807, 2.05) is 66.7 Å². The first kappa shape index (κ1) is 23.3. The van der Waals surface area contributed by atoms with Gasteiger partial charge in [-0.3, -0.25) is 0 Å². The maximum atomic E-state index is 12.7. The van der Waals surface area contributed by atoms with Crippen molar-refractivity contribution < 1.29 is 19.7 Å². The smallest absolute Gasteiger partial charge is 0.118 e. The molecular formula is C29H34O4. The molecular weight excluding hydrogens is 412 g/mol. The van der Waals surface area contributed by atoms with Crippen LogP contribution in [0.5, 0.6) is 11.5 Å². The summed E-state index contributed by atoms with van der Waals surface area (Å²) in [5.41, 5.74) is 0.396. The Bertz CT molecular complexity index is 966. The van der Waals surface area contributed by atoms with Crippen LogP contribution in [0.1, 0.15) is 55.2 Å². The van der Waals surface area contributed by atoms with Gasteiger partial charge in [-0.25, -0.2) is 0 Å². The molecule has 4 nitrogen and oxygen atoms in total. The summed E-state index contributed by atoms with van der Waals surface area (Å²) >= 11 is 0. The van der Waals surface area contributed by atoms with Crippen molar-refractivity contribution in [1.82, 2.24) is 0 Å². The number of hydrogen-bond donors (Lipinski definition) is 2. The van der Waals surface area contributed by atoms with Gasteiger partial charge in [-0.15, -0.1) is 0 Å². The van der Waals surface area contributed by atoms with Gasteiger partial charge in [0.1, 0.15) is 17.1 Å². The van der Waals surface area contributed by atoms with Gasteiger partial charge in [0.2, 0.25) is 0 Å². The van der Waals surface area contributed by atoms with Crippen molar-refractivity contribution in [1.29, 1.82) is 0 Å². The minimum Gasteiger partial charge on any atom is -0.497 e. The summed E-state index contributed by atoms with van der Waals surface area (Å²) in [5, 5.41) is 24.2. The van der Waals surface area contributed by atoms with E-state index < -0.39 is 17.1 Å². The molecule has 1 saturated carbocycles. The fourth-order valence-electron chi connectivity index (χ4n) is 5.55. The molecule has 0 heterocycles. The zero-order valence-electron chi connectivity index (χ0n) is 19.5. The average molecular weight is 447 g/mol. The minimum atomic E-state index is -1.40. The van der Waals surface area contributed by atoms with Gasteiger partial charge in [0.15, 0.2) is 0 Å². The highest BCUT2D eigenvalue weighted by atomic mass is 16.5. The van der Waals surface area contributed by atoms with Gasteiger partial charge in [0.25, 0.3) is 0 Å². The first-order valence-electron chi connectivity index (χ1n) is 11.8. The number of methoxy groups -OCH3 is 2. The third kappa shape index (κ3) is 4.14. The number of ether oxygens (including phenoxy) is 2. The standard InChI is InChI=1S/C29H34O4/c1-32-25-17-13-23(14-18-25)29(22-10-6-5-7-11-22,24-15-19-26(33-2)20-16-24)28(31)21-9-4-3-8-12-27(28)30/h5-7,10-11,13-20,27,30-31H,3-4,8-9,12,21H2,1-2H3/t27-,28-/m1/s1. The Labute approximate surface area is 196 Å². The second kappa shape index (κ2) is 9.98. The van der Waals surface area contributed by atoms with Crippen molar-refractivity contribution in [3.63, 3.8) is 0 Å². The van der Waals surface area contributed by atoms with E-state index in [0.29, 0.717) is 12.8 Å². The molecule has 0 spiro atoms. The Balaban J connectivity index is 2.06. The predicted octanol–water partition coefficient (Wildman–Crippen LogP) is 5.48. The third-order valence-corrected chi connectivity index (χ3v) is 7.24. The van der Waals surface area contributed by atoms with Gasteiger partial charge in [-0.05, 0) is 53.8 Å². The van der Waals surface area contributed by atoms with Crippen LogP contribution >= 0.6 is 0 Å². The van der Waals surface area contributed by atoms with Gasteiger partial charge in [-0.1, -0.05) is 80.3 Å². The van der Waals surface area contributed by atoms with E-state index in [4.69, 9.17) is 9.47 Å². The molecule has 0 bridgehead atoms. The van der Waals surface area contributed by atoms with Crippen LogP contribution in [-0.4, -0.2) is 36.1 Å². The first-order valence-corrected chi connectivity index (χ1v) is 11.8. The highest BCUT2D eigenvalue weighted by Crippen LogP contribution is 2.52. The first-order chi connectivity index (χ1) is 16.1. The van der Waals surface area contributed by atoms with E-state index in [0.717, 1.165) is 53.9 Å². The van der Waals surface area contributed by atoms with Crippen molar-refractivity contribution in [3.8, 4) is 11.5 Å². The molecule has 4 heteroatoms. The second-order valence-corrected chi connectivity index (χ2v) is 8.97. The molecule has 0 aromatic heterocycles. The lowest BCUT2D eigenvalue weighted by Crippen LogP contribution is -2.60. The van der Waals surface area contributed by atoms with E-state index in [9.17, 15) is 10.2 Å². The Morgan fingerprint density at radius 3 is 1.70 bits per heavy atom. The van der Waals surface area contributed by atoms with Crippen LogP contribution in [0.2, 0.25) is 0 Å². The average Bonchev–Trinajstić information content (AvgIpc) is 2.87. The Kier molecular flexibility index (Phi) is 7.06. The number of rotatable bonds is 6. The molecule has 0 radical (unpaired) electrons. The van der Waals surface area contributed by atoms with Crippen LogP contribution in [0.25, 0.3) is 0 Å². The van der Waals surface area contributed by atoms with Gasteiger partial charge in [0, 0.05) is 0 Å². The molecule has 1 aliphatic carbocycles. The van der Waals surface area contributed by atoms with Crippen LogP contribution in [0.15, 0.2) is 78.9 Å². The maximum Gasteiger partial charge on any atom is 0.118 e. The molecule has 0 saturated heterocycles. The topological polar surface area (TPSA) is 58.9 Å². The lowest BCUT2D eigenvalue weighted by atomic mass is 9.55. The van der Waals surface area contributed by atoms with Crippen LogP contribution in [0.4, 0.5) is 0 Å². The maximum absolute atomic E-state index is 12.7. The largest absolute Gasteiger partial charge is 0.497 e. The van der Waals surface area contributed by atoms with Crippen molar-refractivity contribution in [2.45, 2.75) is 55.6 Å². The molecule has 4 rings (SSSR count). The van der Waals surface area contributed by atoms with E-state index in [2.05, 4.69) is 12.1 Å². The normalized spacial score (nSPS) is 21.6. The highest BCUT2D eigenvalue weighted by molar-refractivity contribution is 5.56. The minimum absolute atomic E-state index is 0.501. The van der Waals surface area contributed by atoms with E-state index in [1.165, 1.54) is 0 Å². The fraction of sp³-hybridized carbons (Fsp3) is 0.379. The quantitative estimate of drug-likeness (QED) is 0.492. The number of benzene rings is 3. The zero-order valence-corrected chi connectivity index (χ0v) is 19.5. The molecule has 1 aliphatic rings. The van der Waals surface area contributed by atoms with Crippen LogP contribution in [0, 0.1) is 0 Å². The lowest BCUT2D eigenvalue weighted by Gasteiger charge is -2.52. The Morgan fingerprint density at radius 2 is 1.18 bits per heavy atom. The lowest BCUT2D eigenvalue weighted by molar-refractivity contribution is -0.120. The van der Waals surface area contributed by atoms with Gasteiger partial charge in [-0.2, -0.15) is 0 Å². The van der Waals surface area contributed by atoms with Crippen molar-refractivity contribution in [2.24, 2.45) is 0 Å². The number of aliphatic hydroxyl groups is 2. The summed E-state index contributed by atoms with van der Waals surface area (Å²) < 4.78 is 10.8. The molecule has 174 valence electrons. The summed E-state index contributed by atoms with van der Waals surface area (Å²) in [7, 11) is 3.30. The van der Waals surface area contributed by atoms with Crippen LogP contribution in [0.3, 0.4) is 0 Å². The monoisotopic (exact) mass is 446 g/mol. The predicted molar refractivity (Wildman–Crippen MR) is 131 cm³/mol. The zero-order chi connectivity index (χ0) is 23.3. The van der Waals surface area contributed by atoms with Gasteiger partial charge in [0.05, 0.1) is 25.7 Å². The van der Waals surface area contributed by atoms with Crippen molar-refractivity contribution in [3.05, 3.63) is 95.6 Å². The number of aliphatic hydroxyl groups excluding tert-OH is 1. The number of hydrogen-bond acceptors (Lipinski definition) is 4. The highest BCUT2D eigenvalue weighted by Gasteiger charge is 2.57. The van der Waals surface area contributed by atoms with Crippen molar-refractivity contribution >= 4 is 0 Å². The molecule has 3 aromatic carbocycles. The van der Waals surface area contributed by atoms with E-state index in [1.54, 1.807) is 14.2 Å². The molecule has 0 aliphatic heterocycles. The second-order valence-electron chi connectivity index (χ2n) is 8.97. The van der Waals surface area contributed by atoms with Crippen LogP contribution < -0.4 is 9.47 Å². The third-order valence-electron chi connectivity index (χ3n) is 7.24. The molecule has 0 unspecified atom stereocenters. The van der Waals surface area contributed by atoms with E-state index >= 15 is 0 Å². The summed E-state index contributed by atoms with van der Waals surface area (Å²) in [6, 6.07) is 25.8.